The van der Waals surface area contributed by atoms with E-state index in [4.69, 9.17) is 0 Å². The summed E-state index contributed by atoms with van der Waals surface area (Å²) in [5, 5.41) is 2.97. The molecule has 6 nitrogen and oxygen atoms in total. The Morgan fingerprint density at radius 1 is 0.935 bits per heavy atom. The fraction of sp³-hybridized carbons (Fsp3) is 0.375. The third kappa shape index (κ3) is 5.54. The minimum Gasteiger partial charge on any atom is -0.348 e. The van der Waals surface area contributed by atoms with Gasteiger partial charge in [0, 0.05) is 25.7 Å². The number of amides is 1. The first kappa shape index (κ1) is 21.6. The van der Waals surface area contributed by atoms with Gasteiger partial charge in [-0.15, -0.1) is 0 Å². The Bertz CT molecular complexity index is 1040. The Morgan fingerprint density at radius 3 is 2.32 bits per heavy atom. The number of anilines is 1. The van der Waals surface area contributed by atoms with Gasteiger partial charge in [-0.1, -0.05) is 36.4 Å². The van der Waals surface area contributed by atoms with Crippen LogP contribution in [-0.4, -0.2) is 44.6 Å². The van der Waals surface area contributed by atoms with Gasteiger partial charge >= 0.3 is 0 Å². The van der Waals surface area contributed by atoms with E-state index in [9.17, 15) is 13.2 Å². The van der Waals surface area contributed by atoms with Gasteiger partial charge in [-0.25, -0.2) is 8.42 Å². The van der Waals surface area contributed by atoms with Crippen molar-refractivity contribution < 1.29 is 13.2 Å². The average molecular weight is 440 g/mol. The predicted octanol–water partition coefficient (Wildman–Crippen LogP) is 3.15. The van der Waals surface area contributed by atoms with E-state index >= 15 is 0 Å². The normalized spacial score (nSPS) is 18.6. The Morgan fingerprint density at radius 2 is 1.65 bits per heavy atom. The van der Waals surface area contributed by atoms with E-state index in [1.165, 1.54) is 28.8 Å². The first-order valence-corrected chi connectivity index (χ1v) is 12.5. The quantitative estimate of drug-likeness (QED) is 0.673. The van der Waals surface area contributed by atoms with Crippen molar-refractivity contribution in [1.82, 2.24) is 10.2 Å². The molecule has 0 bridgehead atoms. The number of likely N-dealkylation sites (tertiary alicyclic amines) is 1. The van der Waals surface area contributed by atoms with E-state index in [1.807, 2.05) is 24.3 Å². The van der Waals surface area contributed by atoms with Gasteiger partial charge in [-0.2, -0.15) is 0 Å². The van der Waals surface area contributed by atoms with Crippen molar-refractivity contribution in [2.75, 3.05) is 29.7 Å². The Labute approximate surface area is 184 Å². The molecule has 0 atom stereocenters. The van der Waals surface area contributed by atoms with Crippen LogP contribution in [0, 0.1) is 0 Å². The van der Waals surface area contributed by atoms with Gasteiger partial charge in [-0.3, -0.25) is 14.0 Å². The van der Waals surface area contributed by atoms with Crippen LogP contribution in [0.5, 0.6) is 0 Å². The van der Waals surface area contributed by atoms with E-state index in [-0.39, 0.29) is 11.7 Å². The molecule has 2 saturated heterocycles. The summed E-state index contributed by atoms with van der Waals surface area (Å²) in [6, 6.07) is 15.5. The van der Waals surface area contributed by atoms with E-state index in [0.29, 0.717) is 25.2 Å². The number of nitrogens with zero attached hydrogens (tertiary/aromatic N) is 2. The summed E-state index contributed by atoms with van der Waals surface area (Å²) in [7, 11) is -3.18. The SMILES string of the molecule is O=C(/C=C/c1ccc(N2CCCS2(=O)=O)cc1)NCc1ccccc1CN1CCCC1. The number of carbonyl (C=O) groups excluding carboxylic acids is 1. The summed E-state index contributed by atoms with van der Waals surface area (Å²) in [5.74, 6) is 0.0536. The molecule has 0 unspecified atom stereocenters. The minimum atomic E-state index is -3.18. The molecule has 2 aromatic carbocycles. The molecule has 0 spiro atoms. The second-order valence-corrected chi connectivity index (χ2v) is 10.1. The van der Waals surface area contributed by atoms with E-state index in [0.717, 1.165) is 30.8 Å². The van der Waals surface area contributed by atoms with Crippen LogP contribution in [0.15, 0.2) is 54.6 Å². The second-order valence-electron chi connectivity index (χ2n) is 8.14. The van der Waals surface area contributed by atoms with Crippen LogP contribution in [0.4, 0.5) is 5.69 Å². The summed E-state index contributed by atoms with van der Waals surface area (Å²) in [4.78, 5) is 14.8. The van der Waals surface area contributed by atoms with Crippen LogP contribution in [-0.2, 0) is 27.9 Å². The highest BCUT2D eigenvalue weighted by atomic mass is 32.2. The number of hydrogen-bond acceptors (Lipinski definition) is 4. The molecule has 2 fully saturated rings. The van der Waals surface area contributed by atoms with Crippen LogP contribution in [0.2, 0.25) is 0 Å². The van der Waals surface area contributed by atoms with Crippen molar-refractivity contribution in [2.24, 2.45) is 0 Å². The fourth-order valence-electron chi connectivity index (χ4n) is 4.16. The molecule has 7 heteroatoms. The monoisotopic (exact) mass is 439 g/mol. The number of carbonyl (C=O) groups is 1. The highest BCUT2D eigenvalue weighted by Crippen LogP contribution is 2.24. The second kappa shape index (κ2) is 9.66. The number of hydrogen-bond donors (Lipinski definition) is 1. The summed E-state index contributed by atoms with van der Waals surface area (Å²) in [6.45, 7) is 4.25. The lowest BCUT2D eigenvalue weighted by Crippen LogP contribution is -2.24. The highest BCUT2D eigenvalue weighted by Gasteiger charge is 2.28. The van der Waals surface area contributed by atoms with Gasteiger partial charge in [0.25, 0.3) is 0 Å². The molecule has 1 amide bonds. The molecule has 31 heavy (non-hydrogen) atoms. The van der Waals surface area contributed by atoms with E-state index in [2.05, 4.69) is 22.3 Å². The van der Waals surface area contributed by atoms with Crippen LogP contribution in [0.3, 0.4) is 0 Å². The zero-order valence-corrected chi connectivity index (χ0v) is 18.5. The molecule has 2 aromatic rings. The Hall–Kier alpha value is -2.64. The number of rotatable bonds is 7. The maximum Gasteiger partial charge on any atom is 0.244 e. The molecule has 0 aromatic heterocycles. The number of benzene rings is 2. The molecule has 0 saturated carbocycles. The van der Waals surface area contributed by atoms with Crippen LogP contribution in [0.25, 0.3) is 6.08 Å². The molecule has 164 valence electrons. The maximum atomic E-state index is 12.3. The lowest BCUT2D eigenvalue weighted by atomic mass is 10.1. The zero-order valence-electron chi connectivity index (χ0n) is 17.7. The summed E-state index contributed by atoms with van der Waals surface area (Å²) >= 11 is 0. The van der Waals surface area contributed by atoms with Gasteiger partial charge in [0.1, 0.15) is 0 Å². The third-order valence-electron chi connectivity index (χ3n) is 5.87. The van der Waals surface area contributed by atoms with Crippen molar-refractivity contribution in [2.45, 2.75) is 32.4 Å². The van der Waals surface area contributed by atoms with Crippen molar-refractivity contribution in [3.63, 3.8) is 0 Å². The zero-order chi connectivity index (χ0) is 21.7. The number of sulfonamides is 1. The first-order chi connectivity index (χ1) is 15.0. The minimum absolute atomic E-state index is 0.151. The van der Waals surface area contributed by atoms with Gasteiger partial charge < -0.3 is 5.32 Å². The first-order valence-electron chi connectivity index (χ1n) is 10.9. The Balaban J connectivity index is 1.32. The third-order valence-corrected chi connectivity index (χ3v) is 7.74. The highest BCUT2D eigenvalue weighted by molar-refractivity contribution is 7.93. The van der Waals surface area contributed by atoms with E-state index < -0.39 is 10.0 Å². The van der Waals surface area contributed by atoms with Gasteiger partial charge in [0.15, 0.2) is 0 Å². The standard InChI is InChI=1S/C24H29N3O3S/c28-24(25-18-21-6-1-2-7-22(21)19-26-14-3-4-15-26)13-10-20-8-11-23(12-9-20)27-16-5-17-31(27,29)30/h1-2,6-13H,3-5,14-19H2,(H,25,28)/b13-10+. The largest absolute Gasteiger partial charge is 0.348 e. The summed E-state index contributed by atoms with van der Waals surface area (Å²) < 4.78 is 25.5. The molecular formula is C24H29N3O3S. The van der Waals surface area contributed by atoms with Gasteiger partial charge in [-0.05, 0) is 67.3 Å². The smallest absolute Gasteiger partial charge is 0.244 e. The van der Waals surface area contributed by atoms with Crippen LogP contribution in [0.1, 0.15) is 36.0 Å². The maximum absolute atomic E-state index is 12.3. The number of nitrogens with one attached hydrogen (secondary N) is 1. The fourth-order valence-corrected chi connectivity index (χ4v) is 5.72. The topological polar surface area (TPSA) is 69.7 Å². The van der Waals surface area contributed by atoms with Crippen molar-refractivity contribution in [3.8, 4) is 0 Å². The molecular weight excluding hydrogens is 410 g/mol. The molecule has 0 radical (unpaired) electrons. The van der Waals surface area contributed by atoms with Crippen LogP contribution < -0.4 is 9.62 Å². The van der Waals surface area contributed by atoms with E-state index in [1.54, 1.807) is 18.2 Å². The van der Waals surface area contributed by atoms with Crippen molar-refractivity contribution in [3.05, 3.63) is 71.3 Å². The van der Waals surface area contributed by atoms with Crippen molar-refractivity contribution >= 4 is 27.7 Å². The molecule has 1 N–H and O–H groups in total. The van der Waals surface area contributed by atoms with Crippen LogP contribution >= 0.6 is 0 Å². The molecule has 0 aliphatic carbocycles. The van der Waals surface area contributed by atoms with Gasteiger partial charge in [0.2, 0.25) is 15.9 Å². The summed E-state index contributed by atoms with van der Waals surface area (Å²) in [5.41, 5.74) is 3.94. The molecule has 2 aliphatic rings. The van der Waals surface area contributed by atoms with Crippen molar-refractivity contribution in [1.29, 1.82) is 0 Å². The van der Waals surface area contributed by atoms with Gasteiger partial charge in [0.05, 0.1) is 11.4 Å². The Kier molecular flexibility index (Phi) is 6.73. The average Bonchev–Trinajstić information content (AvgIpc) is 3.41. The lowest BCUT2D eigenvalue weighted by Gasteiger charge is -2.17. The molecule has 2 aliphatic heterocycles. The molecule has 4 rings (SSSR count). The summed E-state index contributed by atoms with van der Waals surface area (Å²) in [6.07, 6.45) is 6.45. The predicted molar refractivity (Wildman–Crippen MR) is 124 cm³/mol. The molecule has 2 heterocycles. The lowest BCUT2D eigenvalue weighted by molar-refractivity contribution is -0.116.